The Hall–Kier alpha value is -1.75. The Balaban J connectivity index is 2.64. The van der Waals surface area contributed by atoms with E-state index in [1.807, 2.05) is 30.3 Å². The van der Waals surface area contributed by atoms with Crippen molar-refractivity contribution in [3.8, 4) is 0 Å². The minimum absolute atomic E-state index is 0.0000568. The molecule has 0 spiro atoms. The molecule has 0 aliphatic carbocycles. The number of hydrogen-bond acceptors (Lipinski definition) is 4. The molecular formula is C14H17N3OS. The molecule has 0 bridgehead atoms. The van der Waals surface area contributed by atoms with Crippen LogP contribution in [0.4, 0.5) is 0 Å². The second kappa shape index (κ2) is 5.09. The fourth-order valence-corrected chi connectivity index (χ4v) is 2.70. The van der Waals surface area contributed by atoms with Gasteiger partial charge in [0.1, 0.15) is 5.03 Å². The molecule has 100 valence electrons. The third kappa shape index (κ3) is 3.17. The number of oxime groups is 1. The second-order valence-electron chi connectivity index (χ2n) is 5.23. The van der Waals surface area contributed by atoms with Crippen molar-refractivity contribution in [3.05, 3.63) is 35.9 Å². The van der Waals surface area contributed by atoms with E-state index in [-0.39, 0.29) is 10.6 Å². The first-order valence-corrected chi connectivity index (χ1v) is 6.79. The van der Waals surface area contributed by atoms with Gasteiger partial charge in [-0.05, 0) is 12.1 Å². The van der Waals surface area contributed by atoms with Gasteiger partial charge in [0.05, 0.1) is 11.1 Å². The lowest BCUT2D eigenvalue weighted by molar-refractivity contribution is 0.318. The Bertz CT molecular complexity index is 632. The predicted octanol–water partition coefficient (Wildman–Crippen LogP) is 3.22. The highest BCUT2D eigenvalue weighted by molar-refractivity contribution is 8.00. The van der Waals surface area contributed by atoms with Crippen molar-refractivity contribution < 1.29 is 5.21 Å². The number of pyridine rings is 1. The fourth-order valence-electron chi connectivity index (χ4n) is 1.70. The Morgan fingerprint density at radius 1 is 1.32 bits per heavy atom. The normalized spacial score (nSPS) is 12.9. The van der Waals surface area contributed by atoms with E-state index in [9.17, 15) is 0 Å². The van der Waals surface area contributed by atoms with Crippen LogP contribution >= 0.6 is 11.8 Å². The van der Waals surface area contributed by atoms with Gasteiger partial charge in [0.15, 0.2) is 5.84 Å². The van der Waals surface area contributed by atoms with E-state index in [0.29, 0.717) is 5.56 Å². The maximum Gasteiger partial charge on any atom is 0.172 e. The summed E-state index contributed by atoms with van der Waals surface area (Å²) in [5.41, 5.74) is 7.33. The number of benzene rings is 1. The molecule has 1 aromatic heterocycles. The molecule has 0 saturated carbocycles. The van der Waals surface area contributed by atoms with Gasteiger partial charge in [0, 0.05) is 10.1 Å². The number of aromatic nitrogens is 1. The first-order valence-electron chi connectivity index (χ1n) is 5.97. The van der Waals surface area contributed by atoms with E-state index in [2.05, 4.69) is 30.9 Å². The van der Waals surface area contributed by atoms with Gasteiger partial charge in [-0.1, -0.05) is 55.9 Å². The largest absolute Gasteiger partial charge is 0.409 e. The highest BCUT2D eigenvalue weighted by Crippen LogP contribution is 2.34. The molecule has 4 nitrogen and oxygen atoms in total. The summed E-state index contributed by atoms with van der Waals surface area (Å²) in [4.78, 5) is 4.62. The lowest BCUT2D eigenvalue weighted by Crippen LogP contribution is -2.17. The van der Waals surface area contributed by atoms with Crippen LogP contribution in [0, 0.1) is 0 Å². The SMILES string of the molecule is CC(C)(C)Sc1nc2ccccc2cc1C(N)=NO. The van der Waals surface area contributed by atoms with E-state index in [1.54, 1.807) is 11.8 Å². The van der Waals surface area contributed by atoms with Crippen LogP contribution in [0.5, 0.6) is 0 Å². The Morgan fingerprint density at radius 3 is 2.63 bits per heavy atom. The molecule has 0 atom stereocenters. The average Bonchev–Trinajstić information content (AvgIpc) is 2.35. The van der Waals surface area contributed by atoms with Crippen molar-refractivity contribution in [1.82, 2.24) is 4.98 Å². The van der Waals surface area contributed by atoms with E-state index >= 15 is 0 Å². The van der Waals surface area contributed by atoms with Crippen molar-refractivity contribution in [2.24, 2.45) is 10.9 Å². The number of nitrogens with zero attached hydrogens (tertiary/aromatic N) is 2. The first-order chi connectivity index (χ1) is 8.90. The maximum absolute atomic E-state index is 8.91. The fraction of sp³-hybridized carbons (Fsp3) is 0.286. The van der Waals surface area contributed by atoms with Gasteiger partial charge in [0.25, 0.3) is 0 Å². The van der Waals surface area contributed by atoms with Crippen LogP contribution in [-0.4, -0.2) is 20.8 Å². The molecule has 0 unspecified atom stereocenters. The van der Waals surface area contributed by atoms with Crippen LogP contribution in [0.15, 0.2) is 40.5 Å². The minimum atomic E-state index is -0.0000568. The molecule has 0 saturated heterocycles. The van der Waals surface area contributed by atoms with Crippen molar-refractivity contribution in [3.63, 3.8) is 0 Å². The highest BCUT2D eigenvalue weighted by atomic mass is 32.2. The molecule has 0 aliphatic rings. The Kier molecular flexibility index (Phi) is 3.66. The van der Waals surface area contributed by atoms with Crippen molar-refractivity contribution >= 4 is 28.5 Å². The first kappa shape index (κ1) is 13.7. The van der Waals surface area contributed by atoms with Crippen LogP contribution < -0.4 is 5.73 Å². The summed E-state index contributed by atoms with van der Waals surface area (Å²) < 4.78 is -0.0000568. The number of amidine groups is 1. The van der Waals surface area contributed by atoms with E-state index in [0.717, 1.165) is 15.9 Å². The molecule has 1 heterocycles. The van der Waals surface area contributed by atoms with Crippen molar-refractivity contribution in [2.75, 3.05) is 0 Å². The number of rotatable bonds is 2. The van der Waals surface area contributed by atoms with Crippen LogP contribution in [0.1, 0.15) is 26.3 Å². The van der Waals surface area contributed by atoms with Crippen LogP contribution in [-0.2, 0) is 0 Å². The summed E-state index contributed by atoms with van der Waals surface area (Å²) in [6.07, 6.45) is 0. The van der Waals surface area contributed by atoms with Crippen molar-refractivity contribution in [1.29, 1.82) is 0 Å². The van der Waals surface area contributed by atoms with Gasteiger partial charge in [-0.15, -0.1) is 0 Å². The van der Waals surface area contributed by atoms with Gasteiger partial charge in [0.2, 0.25) is 0 Å². The summed E-state index contributed by atoms with van der Waals surface area (Å²) in [5.74, 6) is 0.0880. The number of nitrogens with two attached hydrogens (primary N) is 1. The van der Waals surface area contributed by atoms with Crippen LogP contribution in [0.25, 0.3) is 10.9 Å². The molecule has 0 fully saturated rings. The number of fused-ring (bicyclic) bond motifs is 1. The molecular weight excluding hydrogens is 258 g/mol. The highest BCUT2D eigenvalue weighted by Gasteiger charge is 2.18. The molecule has 0 aliphatic heterocycles. The van der Waals surface area contributed by atoms with Gasteiger partial charge in [-0.25, -0.2) is 4.98 Å². The zero-order valence-corrected chi connectivity index (χ0v) is 12.0. The molecule has 0 amide bonds. The van der Waals surface area contributed by atoms with E-state index < -0.39 is 0 Å². The Morgan fingerprint density at radius 2 is 2.00 bits per heavy atom. The summed E-state index contributed by atoms with van der Waals surface area (Å²) in [6.45, 7) is 6.31. The third-order valence-corrected chi connectivity index (χ3v) is 3.59. The summed E-state index contributed by atoms with van der Waals surface area (Å²) in [7, 11) is 0. The zero-order valence-electron chi connectivity index (χ0n) is 11.2. The summed E-state index contributed by atoms with van der Waals surface area (Å²) in [5, 5.41) is 13.8. The zero-order chi connectivity index (χ0) is 14.0. The molecule has 5 heteroatoms. The summed E-state index contributed by atoms with van der Waals surface area (Å²) >= 11 is 1.60. The molecule has 19 heavy (non-hydrogen) atoms. The van der Waals surface area contributed by atoms with Crippen molar-refractivity contribution in [2.45, 2.75) is 30.5 Å². The molecule has 2 aromatic rings. The minimum Gasteiger partial charge on any atom is -0.409 e. The molecule has 1 aromatic carbocycles. The standard InChI is InChI=1S/C14H17N3OS/c1-14(2,3)19-13-10(12(15)17-18)8-9-6-4-5-7-11(9)16-13/h4-8,18H,1-3H3,(H2,15,17). The number of hydrogen-bond donors (Lipinski definition) is 2. The maximum atomic E-state index is 8.91. The molecule has 3 N–H and O–H groups in total. The van der Waals surface area contributed by atoms with Gasteiger partial charge < -0.3 is 10.9 Å². The Labute approximate surface area is 116 Å². The third-order valence-electron chi connectivity index (χ3n) is 2.48. The topological polar surface area (TPSA) is 71.5 Å². The predicted molar refractivity (Wildman–Crippen MR) is 79.9 cm³/mol. The van der Waals surface area contributed by atoms with Gasteiger partial charge >= 0.3 is 0 Å². The monoisotopic (exact) mass is 275 g/mol. The smallest absolute Gasteiger partial charge is 0.172 e. The lowest BCUT2D eigenvalue weighted by atomic mass is 10.1. The van der Waals surface area contributed by atoms with Crippen LogP contribution in [0.2, 0.25) is 0 Å². The van der Waals surface area contributed by atoms with Gasteiger partial charge in [-0.3, -0.25) is 0 Å². The van der Waals surface area contributed by atoms with Gasteiger partial charge in [-0.2, -0.15) is 0 Å². The molecule has 0 radical (unpaired) electrons. The average molecular weight is 275 g/mol. The number of thioether (sulfide) groups is 1. The van der Waals surface area contributed by atoms with E-state index in [4.69, 9.17) is 10.9 Å². The van der Waals surface area contributed by atoms with Crippen LogP contribution in [0.3, 0.4) is 0 Å². The second-order valence-corrected chi connectivity index (χ2v) is 7.05. The lowest BCUT2D eigenvalue weighted by Gasteiger charge is -2.19. The van der Waals surface area contributed by atoms with E-state index in [1.165, 1.54) is 0 Å². The number of para-hydroxylation sites is 1. The summed E-state index contributed by atoms with van der Waals surface area (Å²) in [6, 6.07) is 9.71. The quantitative estimate of drug-likeness (QED) is 0.290. The molecule has 2 rings (SSSR count).